The van der Waals surface area contributed by atoms with Crippen molar-refractivity contribution in [3.05, 3.63) is 29.8 Å². The van der Waals surface area contributed by atoms with Crippen LogP contribution in [-0.4, -0.2) is 19.9 Å². The number of anilines is 1. The van der Waals surface area contributed by atoms with Crippen LogP contribution in [-0.2, 0) is 16.3 Å². The molecule has 1 aliphatic rings. The second-order valence-electron chi connectivity index (χ2n) is 4.17. The van der Waals surface area contributed by atoms with Gasteiger partial charge in [-0.05, 0) is 30.4 Å². The smallest absolute Gasteiger partial charge is 0.150 e. The fourth-order valence-corrected chi connectivity index (χ4v) is 3.93. The molecule has 1 aromatic rings. The molecule has 1 unspecified atom stereocenters. The van der Waals surface area contributed by atoms with Crippen molar-refractivity contribution in [1.82, 2.24) is 0 Å². The van der Waals surface area contributed by atoms with E-state index in [-0.39, 0.29) is 5.92 Å². The van der Waals surface area contributed by atoms with Gasteiger partial charge in [0.2, 0.25) is 0 Å². The molecule has 1 aliphatic heterocycles. The van der Waals surface area contributed by atoms with E-state index in [1.54, 1.807) is 0 Å². The molecule has 4 heteroatoms. The largest absolute Gasteiger partial charge is 0.399 e. The maximum Gasteiger partial charge on any atom is 0.150 e. The second-order valence-corrected chi connectivity index (χ2v) is 6.40. The van der Waals surface area contributed by atoms with Crippen LogP contribution >= 0.6 is 0 Å². The van der Waals surface area contributed by atoms with Crippen LogP contribution in [0.2, 0.25) is 0 Å². The van der Waals surface area contributed by atoms with Crippen LogP contribution in [0, 0.1) is 5.92 Å². The van der Waals surface area contributed by atoms with Gasteiger partial charge in [0.1, 0.15) is 0 Å². The van der Waals surface area contributed by atoms with E-state index in [9.17, 15) is 8.42 Å². The van der Waals surface area contributed by atoms with Crippen molar-refractivity contribution in [1.29, 1.82) is 0 Å². The SMILES string of the molecule is Nc1ccccc1CC1CCS(=O)(=O)C1. The first kappa shape index (κ1) is 10.5. The third kappa shape index (κ3) is 2.50. The molecule has 15 heavy (non-hydrogen) atoms. The van der Waals surface area contributed by atoms with Gasteiger partial charge in [0, 0.05) is 5.69 Å². The lowest BCUT2D eigenvalue weighted by atomic mass is 9.98. The van der Waals surface area contributed by atoms with Gasteiger partial charge in [-0.3, -0.25) is 0 Å². The summed E-state index contributed by atoms with van der Waals surface area (Å²) in [7, 11) is -2.77. The third-order valence-corrected chi connectivity index (χ3v) is 4.73. The molecule has 1 aromatic carbocycles. The summed E-state index contributed by atoms with van der Waals surface area (Å²) in [5, 5.41) is 0. The van der Waals surface area contributed by atoms with Gasteiger partial charge in [-0.15, -0.1) is 0 Å². The quantitative estimate of drug-likeness (QED) is 0.770. The lowest BCUT2D eigenvalue weighted by Gasteiger charge is -2.09. The molecule has 0 amide bonds. The highest BCUT2D eigenvalue weighted by Gasteiger charge is 2.27. The highest BCUT2D eigenvalue weighted by molar-refractivity contribution is 7.91. The van der Waals surface area contributed by atoms with Crippen LogP contribution in [0.3, 0.4) is 0 Å². The van der Waals surface area contributed by atoms with Crippen molar-refractivity contribution in [3.8, 4) is 0 Å². The Morgan fingerprint density at radius 2 is 2.07 bits per heavy atom. The Hall–Kier alpha value is -1.03. The van der Waals surface area contributed by atoms with Gasteiger partial charge in [-0.25, -0.2) is 8.42 Å². The fourth-order valence-electron chi connectivity index (χ4n) is 2.06. The minimum atomic E-state index is -2.77. The average molecular weight is 225 g/mol. The molecular weight excluding hydrogens is 210 g/mol. The predicted molar refractivity (Wildman–Crippen MR) is 61.3 cm³/mol. The molecule has 0 aliphatic carbocycles. The van der Waals surface area contributed by atoms with E-state index in [0.717, 1.165) is 24.1 Å². The predicted octanol–water partition coefficient (Wildman–Crippen LogP) is 1.25. The third-order valence-electron chi connectivity index (χ3n) is 2.89. The maximum absolute atomic E-state index is 11.3. The molecule has 2 rings (SSSR count). The maximum atomic E-state index is 11.3. The number of nitrogens with two attached hydrogens (primary N) is 1. The Kier molecular flexibility index (Phi) is 2.69. The van der Waals surface area contributed by atoms with Crippen LogP contribution in [0.4, 0.5) is 5.69 Å². The van der Waals surface area contributed by atoms with Crippen LogP contribution < -0.4 is 5.73 Å². The van der Waals surface area contributed by atoms with Gasteiger partial charge >= 0.3 is 0 Å². The van der Waals surface area contributed by atoms with Crippen molar-refractivity contribution in [3.63, 3.8) is 0 Å². The van der Waals surface area contributed by atoms with E-state index in [0.29, 0.717) is 11.5 Å². The van der Waals surface area contributed by atoms with Crippen molar-refractivity contribution in [2.45, 2.75) is 12.8 Å². The zero-order chi connectivity index (χ0) is 10.9. The van der Waals surface area contributed by atoms with Crippen molar-refractivity contribution in [2.24, 2.45) is 5.92 Å². The molecule has 1 fully saturated rings. The Labute approximate surface area is 90.2 Å². The van der Waals surface area contributed by atoms with E-state index < -0.39 is 9.84 Å². The Balaban J connectivity index is 2.08. The summed E-state index contributed by atoms with van der Waals surface area (Å²) < 4.78 is 22.6. The summed E-state index contributed by atoms with van der Waals surface area (Å²) >= 11 is 0. The van der Waals surface area contributed by atoms with Gasteiger partial charge in [0.15, 0.2) is 9.84 Å². The zero-order valence-corrected chi connectivity index (χ0v) is 9.33. The number of benzene rings is 1. The second kappa shape index (κ2) is 3.85. The lowest BCUT2D eigenvalue weighted by molar-refractivity contribution is 0.583. The average Bonchev–Trinajstić information content (AvgIpc) is 2.50. The van der Waals surface area contributed by atoms with Crippen LogP contribution in [0.25, 0.3) is 0 Å². The van der Waals surface area contributed by atoms with Crippen LogP contribution in [0.1, 0.15) is 12.0 Å². The summed E-state index contributed by atoms with van der Waals surface area (Å²) in [6.07, 6.45) is 1.56. The molecule has 1 saturated heterocycles. The van der Waals surface area contributed by atoms with E-state index >= 15 is 0 Å². The van der Waals surface area contributed by atoms with Gasteiger partial charge in [-0.1, -0.05) is 18.2 Å². The Morgan fingerprint density at radius 3 is 2.67 bits per heavy atom. The summed E-state index contributed by atoms with van der Waals surface area (Å²) in [6.45, 7) is 0. The summed E-state index contributed by atoms with van der Waals surface area (Å²) in [5.74, 6) is 0.908. The molecule has 0 bridgehead atoms. The molecule has 1 atom stereocenters. The topological polar surface area (TPSA) is 60.2 Å². The molecule has 0 spiro atoms. The molecule has 3 nitrogen and oxygen atoms in total. The van der Waals surface area contributed by atoms with Crippen molar-refractivity contribution in [2.75, 3.05) is 17.2 Å². The number of hydrogen-bond donors (Lipinski definition) is 1. The molecular formula is C11H15NO2S. The zero-order valence-electron chi connectivity index (χ0n) is 8.52. The van der Waals surface area contributed by atoms with E-state index in [2.05, 4.69) is 0 Å². The normalized spacial score (nSPS) is 24.1. The first-order valence-electron chi connectivity index (χ1n) is 5.11. The van der Waals surface area contributed by atoms with E-state index in [4.69, 9.17) is 5.73 Å². The van der Waals surface area contributed by atoms with Gasteiger partial charge in [0.05, 0.1) is 11.5 Å². The molecule has 2 N–H and O–H groups in total. The molecule has 0 radical (unpaired) electrons. The standard InChI is InChI=1S/C11H15NO2S/c12-11-4-2-1-3-10(11)7-9-5-6-15(13,14)8-9/h1-4,9H,5-8,12H2. The first-order valence-corrected chi connectivity index (χ1v) is 6.93. The minimum absolute atomic E-state index is 0.250. The Bertz CT molecular complexity index is 453. The molecule has 0 aromatic heterocycles. The van der Waals surface area contributed by atoms with Crippen LogP contribution in [0.15, 0.2) is 24.3 Å². The number of hydrogen-bond acceptors (Lipinski definition) is 3. The Morgan fingerprint density at radius 1 is 1.33 bits per heavy atom. The van der Waals surface area contributed by atoms with Crippen molar-refractivity contribution < 1.29 is 8.42 Å². The van der Waals surface area contributed by atoms with Gasteiger partial charge < -0.3 is 5.73 Å². The fraction of sp³-hybridized carbons (Fsp3) is 0.455. The number of nitrogen functional groups attached to an aromatic ring is 1. The van der Waals surface area contributed by atoms with Gasteiger partial charge in [-0.2, -0.15) is 0 Å². The van der Waals surface area contributed by atoms with E-state index in [1.165, 1.54) is 0 Å². The number of sulfone groups is 1. The molecule has 82 valence electrons. The lowest BCUT2D eigenvalue weighted by Crippen LogP contribution is -2.08. The van der Waals surface area contributed by atoms with E-state index in [1.807, 2.05) is 24.3 Å². The number of para-hydroxylation sites is 1. The summed E-state index contributed by atoms with van der Waals surface area (Å²) in [4.78, 5) is 0. The highest BCUT2D eigenvalue weighted by Crippen LogP contribution is 2.24. The summed E-state index contributed by atoms with van der Waals surface area (Å²) in [5.41, 5.74) is 7.65. The van der Waals surface area contributed by atoms with Gasteiger partial charge in [0.25, 0.3) is 0 Å². The number of rotatable bonds is 2. The van der Waals surface area contributed by atoms with Crippen molar-refractivity contribution >= 4 is 15.5 Å². The molecule has 0 saturated carbocycles. The highest BCUT2D eigenvalue weighted by atomic mass is 32.2. The summed E-state index contributed by atoms with van der Waals surface area (Å²) in [6, 6.07) is 7.67. The first-order chi connectivity index (χ1) is 7.07. The monoisotopic (exact) mass is 225 g/mol. The minimum Gasteiger partial charge on any atom is -0.399 e. The van der Waals surface area contributed by atoms with Crippen LogP contribution in [0.5, 0.6) is 0 Å². The molecule has 1 heterocycles.